The van der Waals surface area contributed by atoms with Crippen molar-refractivity contribution >= 4 is 19.8 Å². The normalized spacial score (nSPS) is 13.3. The third kappa shape index (κ3) is 36.6. The van der Waals surface area contributed by atoms with Crippen molar-refractivity contribution in [3.05, 3.63) is 0 Å². The first-order valence-corrected chi connectivity index (χ1v) is 22.0. The van der Waals surface area contributed by atoms with Gasteiger partial charge in [0.2, 0.25) is 0 Å². The number of esters is 2. The lowest BCUT2D eigenvalue weighted by Crippen LogP contribution is -2.30. The molecule has 0 amide bonds. The van der Waals surface area contributed by atoms with Crippen molar-refractivity contribution in [2.75, 3.05) is 26.4 Å². The number of rotatable bonds is 39. The first kappa shape index (κ1) is 48.0. The van der Waals surface area contributed by atoms with Crippen LogP contribution in [0.5, 0.6) is 0 Å². The van der Waals surface area contributed by atoms with Crippen molar-refractivity contribution in [3.63, 3.8) is 0 Å². The van der Waals surface area contributed by atoms with E-state index < -0.39 is 26.5 Å². The third-order valence-electron chi connectivity index (χ3n) is 8.96. The number of hydrogen-bond donors (Lipinski definition) is 1. The van der Waals surface area contributed by atoms with Crippen LogP contribution >= 0.6 is 7.82 Å². The van der Waals surface area contributed by atoms with E-state index in [1.807, 2.05) is 0 Å². The molecule has 0 rings (SSSR count). The highest BCUT2D eigenvalue weighted by Gasteiger charge is 2.21. The van der Waals surface area contributed by atoms with Gasteiger partial charge in [-0.05, 0) is 32.2 Å². The summed E-state index contributed by atoms with van der Waals surface area (Å²) in [5.41, 5.74) is 5.44. The molecule has 0 aromatic heterocycles. The van der Waals surface area contributed by atoms with Crippen LogP contribution in [0.15, 0.2) is 0 Å². The molecule has 2 N–H and O–H groups in total. The third-order valence-corrected chi connectivity index (χ3v) is 9.93. The smallest absolute Gasteiger partial charge is 0.306 e. The average molecular weight is 719 g/mol. The zero-order valence-electron chi connectivity index (χ0n) is 31.9. The summed E-state index contributed by atoms with van der Waals surface area (Å²) in [5.74, 6) is -0.835. The molecule has 1 unspecified atom stereocenters. The lowest BCUT2D eigenvalue weighted by molar-refractivity contribution is -0.228. The minimum Gasteiger partial charge on any atom is -0.756 e. The number of unbranched alkanes of at least 4 members (excludes halogenated alkanes) is 25. The van der Waals surface area contributed by atoms with E-state index >= 15 is 0 Å². The van der Waals surface area contributed by atoms with Gasteiger partial charge in [-0.3, -0.25) is 14.2 Å². The Hall–Kier alpha value is -0.990. The Labute approximate surface area is 301 Å². The standard InChI is InChI=1S/C39H78NO8P/c1-3-5-7-9-11-13-15-17-19-21-23-25-27-31-38(41)45-35-37(36-47-49(43,44)46-34-30-29-33-40)48-39(42)32-28-26-24-22-20-18-16-14-12-10-8-6-4-2/h37H,3-36,40H2,1-2H3,(H,43,44)/p-1/t37-/m0/s1. The molecule has 2 atom stereocenters. The van der Waals surface area contributed by atoms with Crippen LogP contribution < -0.4 is 10.6 Å². The average Bonchev–Trinajstić information content (AvgIpc) is 3.08. The fraction of sp³-hybridized carbons (Fsp3) is 0.949. The van der Waals surface area contributed by atoms with E-state index in [-0.39, 0.29) is 32.0 Å². The zero-order valence-corrected chi connectivity index (χ0v) is 32.8. The van der Waals surface area contributed by atoms with Crippen molar-refractivity contribution in [2.45, 2.75) is 213 Å². The number of nitrogens with two attached hydrogens (primary N) is 1. The molecule has 0 spiro atoms. The zero-order chi connectivity index (χ0) is 36.1. The Kier molecular flexibility index (Phi) is 36.0. The quantitative estimate of drug-likeness (QED) is 0.0374. The van der Waals surface area contributed by atoms with E-state index in [4.69, 9.17) is 24.3 Å². The second-order valence-electron chi connectivity index (χ2n) is 13.9. The Morgan fingerprint density at radius 3 is 1.33 bits per heavy atom. The van der Waals surface area contributed by atoms with Crippen molar-refractivity contribution in [3.8, 4) is 0 Å². The van der Waals surface area contributed by atoms with E-state index in [0.29, 0.717) is 25.8 Å². The summed E-state index contributed by atoms with van der Waals surface area (Å²) in [4.78, 5) is 37.1. The largest absolute Gasteiger partial charge is 0.756 e. The highest BCUT2D eigenvalue weighted by atomic mass is 31.2. The van der Waals surface area contributed by atoms with Crippen molar-refractivity contribution in [1.29, 1.82) is 0 Å². The summed E-state index contributed by atoms with van der Waals surface area (Å²) in [7, 11) is -4.60. The van der Waals surface area contributed by atoms with Gasteiger partial charge in [0.05, 0.1) is 13.2 Å². The van der Waals surface area contributed by atoms with Gasteiger partial charge in [0.15, 0.2) is 6.10 Å². The van der Waals surface area contributed by atoms with Gasteiger partial charge in [-0.1, -0.05) is 168 Å². The van der Waals surface area contributed by atoms with Crippen LogP contribution in [0, 0.1) is 0 Å². The van der Waals surface area contributed by atoms with Gasteiger partial charge in [0, 0.05) is 12.8 Å². The van der Waals surface area contributed by atoms with Gasteiger partial charge < -0.3 is 29.1 Å². The second kappa shape index (κ2) is 36.8. The minimum absolute atomic E-state index is 0.0322. The molecule has 49 heavy (non-hydrogen) atoms. The number of phosphoric acid groups is 1. The van der Waals surface area contributed by atoms with Gasteiger partial charge >= 0.3 is 11.9 Å². The highest BCUT2D eigenvalue weighted by molar-refractivity contribution is 7.45. The topological polar surface area (TPSA) is 137 Å². The van der Waals surface area contributed by atoms with E-state index in [2.05, 4.69) is 13.8 Å². The van der Waals surface area contributed by atoms with E-state index in [0.717, 1.165) is 32.1 Å². The molecule has 9 nitrogen and oxygen atoms in total. The van der Waals surface area contributed by atoms with Gasteiger partial charge in [-0.2, -0.15) is 0 Å². The molecule has 10 heteroatoms. The molecule has 0 saturated carbocycles. The Bertz CT molecular complexity index is 784. The molecule has 0 saturated heterocycles. The lowest BCUT2D eigenvalue weighted by Gasteiger charge is -2.25. The maximum atomic E-state index is 12.6. The molecule has 292 valence electrons. The van der Waals surface area contributed by atoms with Crippen molar-refractivity contribution < 1.29 is 37.6 Å². The van der Waals surface area contributed by atoms with Gasteiger partial charge in [-0.25, -0.2) is 0 Å². The minimum atomic E-state index is -4.60. The van der Waals surface area contributed by atoms with Crippen LogP contribution in [0.1, 0.15) is 206 Å². The van der Waals surface area contributed by atoms with E-state index in [1.165, 1.54) is 128 Å². The van der Waals surface area contributed by atoms with Crippen LogP contribution in [-0.4, -0.2) is 44.4 Å². The Balaban J connectivity index is 4.28. The van der Waals surface area contributed by atoms with Crippen LogP contribution in [0.4, 0.5) is 0 Å². The number of hydrogen-bond acceptors (Lipinski definition) is 9. The maximum Gasteiger partial charge on any atom is 0.306 e. The van der Waals surface area contributed by atoms with Gasteiger partial charge in [0.25, 0.3) is 7.82 Å². The molecular weight excluding hydrogens is 641 g/mol. The first-order chi connectivity index (χ1) is 23.8. The molecule has 0 radical (unpaired) electrons. The summed E-state index contributed by atoms with van der Waals surface area (Å²) < 4.78 is 32.9. The highest BCUT2D eigenvalue weighted by Crippen LogP contribution is 2.38. The van der Waals surface area contributed by atoms with Crippen molar-refractivity contribution in [2.24, 2.45) is 5.73 Å². The summed E-state index contributed by atoms with van der Waals surface area (Å²) in [6.07, 6.45) is 32.2. The number of phosphoric ester groups is 1. The lowest BCUT2D eigenvalue weighted by atomic mass is 10.0. The first-order valence-electron chi connectivity index (χ1n) is 20.5. The predicted molar refractivity (Wildman–Crippen MR) is 199 cm³/mol. The predicted octanol–water partition coefficient (Wildman–Crippen LogP) is 10.6. The number of ether oxygens (including phenoxy) is 2. The molecule has 0 heterocycles. The van der Waals surface area contributed by atoms with Gasteiger partial charge in [0.1, 0.15) is 6.61 Å². The van der Waals surface area contributed by atoms with E-state index in [9.17, 15) is 19.0 Å². The van der Waals surface area contributed by atoms with Crippen LogP contribution in [0.3, 0.4) is 0 Å². The van der Waals surface area contributed by atoms with Crippen LogP contribution in [-0.2, 0) is 32.7 Å². The molecule has 0 aliphatic heterocycles. The number of carbonyl (C=O) groups is 2. The summed E-state index contributed by atoms with van der Waals surface area (Å²) >= 11 is 0. The molecule has 0 bridgehead atoms. The fourth-order valence-corrected chi connectivity index (χ4v) is 6.60. The van der Waals surface area contributed by atoms with Crippen molar-refractivity contribution in [1.82, 2.24) is 0 Å². The van der Waals surface area contributed by atoms with E-state index in [1.54, 1.807) is 0 Å². The second-order valence-corrected chi connectivity index (χ2v) is 15.3. The molecule has 0 aromatic carbocycles. The Morgan fingerprint density at radius 2 is 0.918 bits per heavy atom. The van der Waals surface area contributed by atoms with Crippen LogP contribution in [0.25, 0.3) is 0 Å². The molecular formula is C39H77NO8P-. The SMILES string of the molecule is CCCCCCCCCCCCCCCC(=O)OC[C@@H](COP(=O)([O-])OCCCCN)OC(=O)CCCCCCCCCCCCCCC. The molecule has 0 aliphatic rings. The Morgan fingerprint density at radius 1 is 0.531 bits per heavy atom. The molecule has 0 aliphatic carbocycles. The molecule has 0 fully saturated rings. The summed E-state index contributed by atoms with van der Waals surface area (Å²) in [5, 5.41) is 0. The summed E-state index contributed by atoms with van der Waals surface area (Å²) in [6, 6.07) is 0. The number of carbonyl (C=O) groups excluding carboxylic acids is 2. The monoisotopic (exact) mass is 719 g/mol. The maximum absolute atomic E-state index is 12.6. The fourth-order valence-electron chi connectivity index (χ4n) is 5.83. The van der Waals surface area contributed by atoms with Crippen LogP contribution in [0.2, 0.25) is 0 Å². The summed E-state index contributed by atoms with van der Waals surface area (Å²) in [6.45, 7) is 4.18. The molecule has 0 aromatic rings. The van der Waals surface area contributed by atoms with Gasteiger partial charge in [-0.15, -0.1) is 0 Å².